The minimum Gasteiger partial charge on any atom is -0.380 e. The number of methoxy groups -OCH3 is 1. The minimum absolute atomic E-state index is 0.458. The van der Waals surface area contributed by atoms with Crippen LogP contribution in [0, 0.1) is 11.8 Å². The summed E-state index contributed by atoms with van der Waals surface area (Å²) in [4.78, 5) is 0. The van der Waals surface area contributed by atoms with E-state index in [2.05, 4.69) is 12.4 Å². The predicted octanol–water partition coefficient (Wildman–Crippen LogP) is 2.19. The van der Waals surface area contributed by atoms with E-state index in [-0.39, 0.29) is 0 Å². The van der Waals surface area contributed by atoms with Crippen molar-refractivity contribution >= 4 is 0 Å². The molecular formula is C12H23NO. The molecule has 0 bridgehead atoms. The molecule has 1 N–H and O–H groups in total. The van der Waals surface area contributed by atoms with E-state index in [9.17, 15) is 0 Å². The molecule has 0 heterocycles. The molecule has 4 unspecified atom stereocenters. The van der Waals surface area contributed by atoms with Gasteiger partial charge >= 0.3 is 0 Å². The van der Waals surface area contributed by atoms with E-state index in [1.165, 1.54) is 38.5 Å². The van der Waals surface area contributed by atoms with Crippen LogP contribution in [-0.4, -0.2) is 26.3 Å². The molecule has 2 rings (SSSR count). The first kappa shape index (κ1) is 10.4. The summed E-state index contributed by atoms with van der Waals surface area (Å²) >= 11 is 0. The van der Waals surface area contributed by atoms with Crippen molar-refractivity contribution in [1.82, 2.24) is 5.32 Å². The van der Waals surface area contributed by atoms with Gasteiger partial charge in [-0.25, -0.2) is 0 Å². The smallest absolute Gasteiger partial charge is 0.0727 e. The first-order chi connectivity index (χ1) is 6.85. The number of fused-ring (bicyclic) bond motifs is 1. The van der Waals surface area contributed by atoms with Crippen molar-refractivity contribution in [3.63, 3.8) is 0 Å². The van der Waals surface area contributed by atoms with E-state index in [1.54, 1.807) is 0 Å². The van der Waals surface area contributed by atoms with Gasteiger partial charge in [-0.1, -0.05) is 25.7 Å². The molecule has 2 heteroatoms. The lowest BCUT2D eigenvalue weighted by Crippen LogP contribution is -2.47. The van der Waals surface area contributed by atoms with Gasteiger partial charge in [0.15, 0.2) is 0 Å². The Morgan fingerprint density at radius 3 is 2.29 bits per heavy atom. The topological polar surface area (TPSA) is 21.3 Å². The molecule has 0 aliphatic heterocycles. The standard InChI is InChI=1S/C12H23NO/c1-13-11-7-9-5-3-4-6-10(9)8-12(11)14-2/h9-13H,3-8H2,1-2H3. The van der Waals surface area contributed by atoms with Crippen molar-refractivity contribution in [3.05, 3.63) is 0 Å². The molecule has 0 aromatic rings. The normalized spacial score (nSPS) is 43.3. The summed E-state index contributed by atoms with van der Waals surface area (Å²) in [6.07, 6.45) is 8.88. The Morgan fingerprint density at radius 2 is 1.71 bits per heavy atom. The number of nitrogens with one attached hydrogen (secondary N) is 1. The van der Waals surface area contributed by atoms with E-state index in [0.29, 0.717) is 12.1 Å². The van der Waals surface area contributed by atoms with Gasteiger partial charge in [-0.2, -0.15) is 0 Å². The van der Waals surface area contributed by atoms with Crippen LogP contribution in [0.1, 0.15) is 38.5 Å². The average Bonchev–Trinajstić information content (AvgIpc) is 2.27. The maximum atomic E-state index is 5.58. The summed E-state index contributed by atoms with van der Waals surface area (Å²) < 4.78 is 5.58. The highest BCUT2D eigenvalue weighted by atomic mass is 16.5. The maximum Gasteiger partial charge on any atom is 0.0727 e. The maximum absolute atomic E-state index is 5.58. The largest absolute Gasteiger partial charge is 0.380 e. The van der Waals surface area contributed by atoms with Gasteiger partial charge in [-0.05, 0) is 31.7 Å². The molecule has 0 aromatic carbocycles. The second kappa shape index (κ2) is 4.63. The fraction of sp³-hybridized carbons (Fsp3) is 1.00. The van der Waals surface area contributed by atoms with Crippen LogP contribution >= 0.6 is 0 Å². The van der Waals surface area contributed by atoms with Crippen LogP contribution in [0.2, 0.25) is 0 Å². The van der Waals surface area contributed by atoms with E-state index < -0.39 is 0 Å². The third-order valence-electron chi connectivity index (χ3n) is 4.28. The van der Waals surface area contributed by atoms with Gasteiger partial charge in [0.05, 0.1) is 6.10 Å². The first-order valence-corrected chi connectivity index (χ1v) is 6.05. The highest BCUT2D eigenvalue weighted by Crippen LogP contribution is 2.41. The molecule has 82 valence electrons. The predicted molar refractivity (Wildman–Crippen MR) is 58.3 cm³/mol. The van der Waals surface area contributed by atoms with Crippen molar-refractivity contribution < 1.29 is 4.74 Å². The summed E-state index contributed by atoms with van der Waals surface area (Å²) in [7, 11) is 3.93. The number of ether oxygens (including phenoxy) is 1. The molecular weight excluding hydrogens is 174 g/mol. The Kier molecular flexibility index (Phi) is 3.45. The van der Waals surface area contributed by atoms with Gasteiger partial charge in [0.2, 0.25) is 0 Å². The Bertz CT molecular complexity index is 159. The summed E-state index contributed by atoms with van der Waals surface area (Å²) in [6, 6.07) is 0.597. The second-order valence-corrected chi connectivity index (χ2v) is 4.95. The lowest BCUT2D eigenvalue weighted by atomic mass is 9.68. The lowest BCUT2D eigenvalue weighted by Gasteiger charge is -2.43. The number of likely N-dealkylation sites (N-methyl/N-ethyl adjacent to an activating group) is 1. The van der Waals surface area contributed by atoms with E-state index in [4.69, 9.17) is 4.74 Å². The molecule has 14 heavy (non-hydrogen) atoms. The van der Waals surface area contributed by atoms with Crippen LogP contribution in [0.5, 0.6) is 0 Å². The minimum atomic E-state index is 0.458. The van der Waals surface area contributed by atoms with Crippen molar-refractivity contribution in [1.29, 1.82) is 0 Å². The summed E-state index contributed by atoms with van der Waals surface area (Å²) in [5.74, 6) is 1.94. The van der Waals surface area contributed by atoms with Crippen LogP contribution in [-0.2, 0) is 4.74 Å². The third-order valence-corrected chi connectivity index (χ3v) is 4.28. The summed E-state index contributed by atoms with van der Waals surface area (Å²) in [6.45, 7) is 0. The monoisotopic (exact) mass is 197 g/mol. The fourth-order valence-electron chi connectivity index (χ4n) is 3.41. The van der Waals surface area contributed by atoms with Gasteiger partial charge in [-0.15, -0.1) is 0 Å². The quantitative estimate of drug-likeness (QED) is 0.732. The van der Waals surface area contributed by atoms with Crippen molar-refractivity contribution in [2.75, 3.05) is 14.2 Å². The van der Waals surface area contributed by atoms with Gasteiger partial charge in [0.1, 0.15) is 0 Å². The average molecular weight is 197 g/mol. The van der Waals surface area contributed by atoms with Crippen molar-refractivity contribution in [2.45, 2.75) is 50.7 Å². The van der Waals surface area contributed by atoms with Gasteiger partial charge in [0, 0.05) is 13.2 Å². The van der Waals surface area contributed by atoms with Crippen molar-refractivity contribution in [3.8, 4) is 0 Å². The van der Waals surface area contributed by atoms with Gasteiger partial charge < -0.3 is 10.1 Å². The zero-order valence-electron chi connectivity index (χ0n) is 9.46. The molecule has 0 aromatic heterocycles. The van der Waals surface area contributed by atoms with E-state index in [0.717, 1.165) is 11.8 Å². The Balaban J connectivity index is 1.98. The van der Waals surface area contributed by atoms with Crippen molar-refractivity contribution in [2.24, 2.45) is 11.8 Å². The van der Waals surface area contributed by atoms with Gasteiger partial charge in [-0.3, -0.25) is 0 Å². The Hall–Kier alpha value is -0.0800. The number of hydrogen-bond acceptors (Lipinski definition) is 2. The SMILES string of the molecule is CNC1CC2CCCCC2CC1OC. The summed E-state index contributed by atoms with van der Waals surface area (Å²) in [5, 5.41) is 3.41. The Morgan fingerprint density at radius 1 is 1.07 bits per heavy atom. The molecule has 0 amide bonds. The summed E-state index contributed by atoms with van der Waals surface area (Å²) in [5.41, 5.74) is 0. The first-order valence-electron chi connectivity index (χ1n) is 6.05. The molecule has 2 saturated carbocycles. The molecule has 0 saturated heterocycles. The van der Waals surface area contributed by atoms with Crippen LogP contribution in [0.3, 0.4) is 0 Å². The molecule has 2 aliphatic carbocycles. The zero-order chi connectivity index (χ0) is 9.97. The molecule has 2 aliphatic rings. The lowest BCUT2D eigenvalue weighted by molar-refractivity contribution is -0.00847. The molecule has 0 spiro atoms. The molecule has 4 atom stereocenters. The second-order valence-electron chi connectivity index (χ2n) is 4.95. The zero-order valence-corrected chi connectivity index (χ0v) is 9.46. The molecule has 2 nitrogen and oxygen atoms in total. The fourth-order valence-corrected chi connectivity index (χ4v) is 3.41. The number of rotatable bonds is 2. The van der Waals surface area contributed by atoms with Crippen LogP contribution in [0.4, 0.5) is 0 Å². The Labute approximate surface area is 87.4 Å². The van der Waals surface area contributed by atoms with E-state index in [1.807, 2.05) is 7.11 Å². The third kappa shape index (κ3) is 1.96. The van der Waals surface area contributed by atoms with Crippen LogP contribution < -0.4 is 5.32 Å². The van der Waals surface area contributed by atoms with E-state index >= 15 is 0 Å². The molecule has 0 radical (unpaired) electrons. The highest BCUT2D eigenvalue weighted by molar-refractivity contribution is 4.91. The van der Waals surface area contributed by atoms with Crippen LogP contribution in [0.25, 0.3) is 0 Å². The van der Waals surface area contributed by atoms with Crippen LogP contribution in [0.15, 0.2) is 0 Å². The van der Waals surface area contributed by atoms with Gasteiger partial charge in [0.25, 0.3) is 0 Å². The highest BCUT2D eigenvalue weighted by Gasteiger charge is 2.37. The molecule has 2 fully saturated rings. The number of hydrogen-bond donors (Lipinski definition) is 1.